The average molecular weight is 495 g/mol. The fourth-order valence-electron chi connectivity index (χ4n) is 3.11. The van der Waals surface area contributed by atoms with E-state index in [1.54, 1.807) is 30.0 Å². The number of aromatic nitrogens is 2. The molecule has 1 aromatic heterocycles. The molecule has 0 radical (unpaired) electrons. The van der Waals surface area contributed by atoms with Crippen LogP contribution in [-0.4, -0.2) is 35.6 Å². The van der Waals surface area contributed by atoms with Crippen LogP contribution in [0.3, 0.4) is 0 Å². The molecule has 0 aliphatic carbocycles. The van der Waals surface area contributed by atoms with E-state index < -0.39 is 5.91 Å². The molecule has 3 aromatic carbocycles. The minimum Gasteiger partial charge on any atom is -0.497 e. The molecule has 4 rings (SSSR count). The van der Waals surface area contributed by atoms with Gasteiger partial charge in [0.25, 0.3) is 5.91 Å². The lowest BCUT2D eigenvalue weighted by Crippen LogP contribution is -2.24. The average Bonchev–Trinajstić information content (AvgIpc) is 3.29. The molecule has 4 aromatic rings. The maximum atomic E-state index is 12.2. The Morgan fingerprint density at radius 3 is 2.56 bits per heavy atom. The summed E-state index contributed by atoms with van der Waals surface area (Å²) in [4.78, 5) is 12.2. The minimum atomic E-state index is -0.450. The van der Waals surface area contributed by atoms with Gasteiger partial charge in [0, 0.05) is 17.3 Å². The van der Waals surface area contributed by atoms with E-state index in [0.717, 1.165) is 17.0 Å². The van der Waals surface area contributed by atoms with Gasteiger partial charge in [0.15, 0.2) is 6.61 Å². The number of halogens is 2. The van der Waals surface area contributed by atoms with Crippen molar-refractivity contribution in [2.75, 3.05) is 13.7 Å². The number of benzene rings is 3. The van der Waals surface area contributed by atoms with Gasteiger partial charge in [-0.3, -0.25) is 4.79 Å². The van der Waals surface area contributed by atoms with Crippen LogP contribution < -0.4 is 14.9 Å². The highest BCUT2D eigenvalue weighted by Gasteiger charge is 2.12. The van der Waals surface area contributed by atoms with Crippen molar-refractivity contribution in [3.05, 3.63) is 94.6 Å². The smallest absolute Gasteiger partial charge is 0.277 e. The van der Waals surface area contributed by atoms with E-state index in [4.69, 9.17) is 37.8 Å². The fraction of sp³-hybridized carbons (Fsp3) is 0.0800. The molecule has 0 saturated carbocycles. The van der Waals surface area contributed by atoms with Gasteiger partial charge in [-0.1, -0.05) is 47.5 Å². The third kappa shape index (κ3) is 5.57. The summed E-state index contributed by atoms with van der Waals surface area (Å²) < 4.78 is 12.4. The first-order valence-corrected chi connectivity index (χ1v) is 11.0. The molecular formula is C25H20Cl2N4O3. The number of carbonyl (C=O) groups is 1. The van der Waals surface area contributed by atoms with Gasteiger partial charge in [-0.25, -0.2) is 10.1 Å². The number of rotatable bonds is 8. The summed E-state index contributed by atoms with van der Waals surface area (Å²) in [7, 11) is 1.62. The topological polar surface area (TPSA) is 77.7 Å². The molecular weight excluding hydrogens is 475 g/mol. The number of hydrazone groups is 1. The van der Waals surface area contributed by atoms with Gasteiger partial charge in [0.1, 0.15) is 22.2 Å². The Morgan fingerprint density at radius 1 is 1.06 bits per heavy atom. The van der Waals surface area contributed by atoms with Crippen LogP contribution in [0.25, 0.3) is 16.9 Å². The van der Waals surface area contributed by atoms with Crippen LogP contribution in [0.4, 0.5) is 0 Å². The highest BCUT2D eigenvalue weighted by molar-refractivity contribution is 6.42. The Labute approximate surface area is 206 Å². The van der Waals surface area contributed by atoms with Crippen LogP contribution in [0.15, 0.2) is 84.1 Å². The van der Waals surface area contributed by atoms with Gasteiger partial charge < -0.3 is 9.47 Å². The van der Waals surface area contributed by atoms with E-state index in [1.165, 1.54) is 6.21 Å². The van der Waals surface area contributed by atoms with Gasteiger partial charge >= 0.3 is 0 Å². The third-order valence-electron chi connectivity index (χ3n) is 4.79. The zero-order valence-electron chi connectivity index (χ0n) is 18.1. The molecule has 0 fully saturated rings. The number of para-hydroxylation sites is 1. The number of carbonyl (C=O) groups excluding carboxylic acids is 1. The van der Waals surface area contributed by atoms with Crippen molar-refractivity contribution in [1.29, 1.82) is 0 Å². The summed E-state index contributed by atoms with van der Waals surface area (Å²) in [6, 6.07) is 22.2. The normalized spacial score (nSPS) is 10.9. The predicted molar refractivity (Wildman–Crippen MR) is 133 cm³/mol. The highest BCUT2D eigenvalue weighted by atomic mass is 35.5. The molecule has 0 unspecified atom stereocenters. The first-order valence-electron chi connectivity index (χ1n) is 10.2. The number of nitrogens with zero attached hydrogens (tertiary/aromatic N) is 3. The van der Waals surface area contributed by atoms with Crippen molar-refractivity contribution in [1.82, 2.24) is 15.2 Å². The standard InChI is InChI=1S/C25H20Cl2N4O3/c1-33-20-12-10-17(11-13-20)25-18(15-31(30-25)19-6-3-2-4-7-19)14-28-29-23(32)16-34-22-9-5-8-21(26)24(22)27/h2-15H,16H2,1H3,(H,29,32)/b28-14+. The van der Waals surface area contributed by atoms with Gasteiger partial charge in [-0.15, -0.1) is 0 Å². The Balaban J connectivity index is 1.50. The molecule has 34 heavy (non-hydrogen) atoms. The van der Waals surface area contributed by atoms with Gasteiger partial charge in [0.05, 0.1) is 24.0 Å². The van der Waals surface area contributed by atoms with Crippen molar-refractivity contribution in [2.45, 2.75) is 0 Å². The number of amides is 1. The third-order valence-corrected chi connectivity index (χ3v) is 5.60. The van der Waals surface area contributed by atoms with E-state index in [1.807, 2.05) is 60.8 Å². The summed E-state index contributed by atoms with van der Waals surface area (Å²) in [6.07, 6.45) is 3.38. The van der Waals surface area contributed by atoms with Crippen molar-refractivity contribution in [2.24, 2.45) is 5.10 Å². The molecule has 0 aliphatic heterocycles. The van der Waals surface area contributed by atoms with E-state index in [-0.39, 0.29) is 11.6 Å². The SMILES string of the molecule is COc1ccc(-c2nn(-c3ccccc3)cc2/C=N/NC(=O)COc2cccc(Cl)c2Cl)cc1. The first-order chi connectivity index (χ1) is 16.5. The number of hydrogen-bond donors (Lipinski definition) is 1. The molecule has 0 spiro atoms. The Kier molecular flexibility index (Phi) is 7.47. The zero-order valence-corrected chi connectivity index (χ0v) is 19.6. The summed E-state index contributed by atoms with van der Waals surface area (Å²) in [5, 5.41) is 9.39. The molecule has 0 atom stereocenters. The summed E-state index contributed by atoms with van der Waals surface area (Å²) in [5.74, 6) is 0.612. The summed E-state index contributed by atoms with van der Waals surface area (Å²) in [6.45, 7) is -0.272. The Morgan fingerprint density at radius 2 is 1.82 bits per heavy atom. The zero-order chi connectivity index (χ0) is 23.9. The molecule has 0 bridgehead atoms. The van der Waals surface area contributed by atoms with Gasteiger partial charge in [-0.05, 0) is 48.5 Å². The number of ether oxygens (including phenoxy) is 2. The number of methoxy groups -OCH3 is 1. The number of nitrogens with one attached hydrogen (secondary N) is 1. The van der Waals surface area contributed by atoms with Crippen LogP contribution in [0.2, 0.25) is 10.0 Å². The molecule has 1 heterocycles. The minimum absolute atomic E-state index is 0.248. The lowest BCUT2D eigenvalue weighted by Gasteiger charge is -2.07. The second-order valence-corrected chi connectivity index (χ2v) is 7.86. The second kappa shape index (κ2) is 10.9. The van der Waals surface area contributed by atoms with Crippen molar-refractivity contribution in [3.8, 4) is 28.4 Å². The van der Waals surface area contributed by atoms with Crippen LogP contribution in [-0.2, 0) is 4.79 Å². The molecule has 7 nitrogen and oxygen atoms in total. The van der Waals surface area contributed by atoms with Crippen LogP contribution in [0.5, 0.6) is 11.5 Å². The van der Waals surface area contributed by atoms with E-state index >= 15 is 0 Å². The molecule has 1 N–H and O–H groups in total. The maximum Gasteiger partial charge on any atom is 0.277 e. The first kappa shape index (κ1) is 23.4. The van der Waals surface area contributed by atoms with Crippen LogP contribution in [0.1, 0.15) is 5.56 Å². The van der Waals surface area contributed by atoms with E-state index in [9.17, 15) is 4.79 Å². The predicted octanol–water partition coefficient (Wildman–Crippen LogP) is 5.38. The Hall–Kier alpha value is -3.81. The quantitative estimate of drug-likeness (QED) is 0.263. The second-order valence-electron chi connectivity index (χ2n) is 7.08. The summed E-state index contributed by atoms with van der Waals surface area (Å²) in [5.41, 5.74) is 5.64. The van der Waals surface area contributed by atoms with Gasteiger partial charge in [-0.2, -0.15) is 10.2 Å². The van der Waals surface area contributed by atoms with E-state index in [2.05, 4.69) is 10.5 Å². The largest absolute Gasteiger partial charge is 0.497 e. The molecule has 1 amide bonds. The molecule has 172 valence electrons. The molecule has 0 saturated heterocycles. The lowest BCUT2D eigenvalue weighted by molar-refractivity contribution is -0.123. The molecule has 9 heteroatoms. The maximum absolute atomic E-state index is 12.2. The van der Waals surface area contributed by atoms with Gasteiger partial charge in [0.2, 0.25) is 0 Å². The van der Waals surface area contributed by atoms with Crippen molar-refractivity contribution >= 4 is 35.3 Å². The number of hydrogen-bond acceptors (Lipinski definition) is 5. The van der Waals surface area contributed by atoms with Crippen LogP contribution >= 0.6 is 23.2 Å². The lowest BCUT2D eigenvalue weighted by atomic mass is 10.1. The van der Waals surface area contributed by atoms with Crippen molar-refractivity contribution < 1.29 is 14.3 Å². The fourth-order valence-corrected chi connectivity index (χ4v) is 3.46. The Bertz CT molecular complexity index is 1310. The summed E-state index contributed by atoms with van der Waals surface area (Å²) >= 11 is 12.0. The van der Waals surface area contributed by atoms with E-state index in [0.29, 0.717) is 22.0 Å². The monoisotopic (exact) mass is 494 g/mol. The molecule has 0 aliphatic rings. The van der Waals surface area contributed by atoms with Crippen LogP contribution in [0, 0.1) is 0 Å². The highest BCUT2D eigenvalue weighted by Crippen LogP contribution is 2.31. The van der Waals surface area contributed by atoms with Crippen molar-refractivity contribution in [3.63, 3.8) is 0 Å².